The number of nitrogens with two attached hydrogens (primary N) is 1. The lowest BCUT2D eigenvalue weighted by Crippen LogP contribution is -2.43. The quantitative estimate of drug-likeness (QED) is 0.674. The molecule has 1 saturated carbocycles. The van der Waals surface area contributed by atoms with Crippen molar-refractivity contribution in [1.29, 1.82) is 0 Å². The van der Waals surface area contributed by atoms with Gasteiger partial charge in [-0.05, 0) is 24.2 Å². The second kappa shape index (κ2) is 3.66. The number of hydrogen-bond acceptors (Lipinski definition) is 3. The highest BCUT2D eigenvalue weighted by molar-refractivity contribution is 5.76. The summed E-state index contributed by atoms with van der Waals surface area (Å²) in [6.07, 6.45) is 2.38. The fourth-order valence-corrected chi connectivity index (χ4v) is 0.928. The number of carbonyl (C=O) groups excluding carboxylic acids is 1. The molecule has 0 heterocycles. The van der Waals surface area contributed by atoms with Crippen LogP contribution >= 0.6 is 0 Å². The summed E-state index contributed by atoms with van der Waals surface area (Å²) in [6.45, 7) is 6.38. The summed E-state index contributed by atoms with van der Waals surface area (Å²) in [5.74, 6) is 0.343. The Kier molecular flexibility index (Phi) is 2.96. The minimum atomic E-state index is -0.508. The molecular formula is C10H19NO2. The van der Waals surface area contributed by atoms with Crippen LogP contribution in [0.15, 0.2) is 0 Å². The van der Waals surface area contributed by atoms with Crippen LogP contribution in [0.2, 0.25) is 0 Å². The molecule has 3 heteroatoms. The van der Waals surface area contributed by atoms with E-state index in [9.17, 15) is 4.79 Å². The van der Waals surface area contributed by atoms with Crippen LogP contribution in [0.5, 0.6) is 0 Å². The molecule has 0 aromatic heterocycles. The monoisotopic (exact) mass is 185 g/mol. The molecule has 0 spiro atoms. The van der Waals surface area contributed by atoms with E-state index >= 15 is 0 Å². The zero-order valence-corrected chi connectivity index (χ0v) is 8.67. The molecule has 0 amide bonds. The van der Waals surface area contributed by atoms with E-state index in [1.165, 1.54) is 12.8 Å². The largest absolute Gasteiger partial charge is 0.464 e. The van der Waals surface area contributed by atoms with Crippen LogP contribution in [0, 0.1) is 11.3 Å². The Balaban J connectivity index is 2.28. The Morgan fingerprint density at radius 3 is 2.46 bits per heavy atom. The molecule has 0 aromatic rings. The van der Waals surface area contributed by atoms with E-state index in [2.05, 4.69) is 0 Å². The number of ether oxygens (including phenoxy) is 1. The molecule has 1 rings (SSSR count). The van der Waals surface area contributed by atoms with Crippen LogP contribution in [0.25, 0.3) is 0 Å². The topological polar surface area (TPSA) is 52.3 Å². The van der Waals surface area contributed by atoms with Gasteiger partial charge in [-0.3, -0.25) is 4.79 Å². The van der Waals surface area contributed by atoms with Gasteiger partial charge in [0, 0.05) is 0 Å². The second-order valence-electron chi connectivity index (χ2n) is 4.92. The van der Waals surface area contributed by atoms with Crippen molar-refractivity contribution < 1.29 is 9.53 Å². The lowest BCUT2D eigenvalue weighted by atomic mass is 9.87. The van der Waals surface area contributed by atoms with Gasteiger partial charge in [0.15, 0.2) is 0 Å². The molecule has 76 valence electrons. The summed E-state index contributed by atoms with van der Waals surface area (Å²) >= 11 is 0. The van der Waals surface area contributed by atoms with E-state index in [-0.39, 0.29) is 11.4 Å². The molecule has 1 unspecified atom stereocenters. The minimum Gasteiger partial charge on any atom is -0.464 e. The smallest absolute Gasteiger partial charge is 0.323 e. The maximum atomic E-state index is 11.4. The standard InChI is InChI=1S/C10H19NO2/c1-10(2,3)8(11)9(12)13-6-7-4-5-7/h7-8H,4-6,11H2,1-3H3. The van der Waals surface area contributed by atoms with Crippen LogP contribution in [-0.2, 0) is 9.53 Å². The molecule has 1 aliphatic rings. The zero-order chi connectivity index (χ0) is 10.1. The Bertz CT molecular complexity index is 192. The van der Waals surface area contributed by atoms with Crippen LogP contribution < -0.4 is 5.73 Å². The van der Waals surface area contributed by atoms with Gasteiger partial charge in [-0.25, -0.2) is 0 Å². The summed E-state index contributed by atoms with van der Waals surface area (Å²) in [4.78, 5) is 11.4. The van der Waals surface area contributed by atoms with Crippen molar-refractivity contribution in [2.75, 3.05) is 6.61 Å². The van der Waals surface area contributed by atoms with Crippen molar-refractivity contribution in [2.24, 2.45) is 17.1 Å². The van der Waals surface area contributed by atoms with Gasteiger partial charge in [0.05, 0.1) is 6.61 Å². The molecule has 0 aliphatic heterocycles. The van der Waals surface area contributed by atoms with Crippen LogP contribution in [0.3, 0.4) is 0 Å². The van der Waals surface area contributed by atoms with Gasteiger partial charge in [-0.2, -0.15) is 0 Å². The lowest BCUT2D eigenvalue weighted by molar-refractivity contribution is -0.148. The van der Waals surface area contributed by atoms with Crippen LogP contribution in [0.1, 0.15) is 33.6 Å². The van der Waals surface area contributed by atoms with Crippen molar-refractivity contribution in [3.8, 4) is 0 Å². The normalized spacial score (nSPS) is 19.7. The number of hydrogen-bond donors (Lipinski definition) is 1. The average Bonchev–Trinajstić information content (AvgIpc) is 2.80. The predicted octanol–water partition coefficient (Wildman–Crippen LogP) is 1.31. The molecule has 0 bridgehead atoms. The van der Waals surface area contributed by atoms with Gasteiger partial charge in [0.25, 0.3) is 0 Å². The third kappa shape index (κ3) is 3.35. The first kappa shape index (κ1) is 10.5. The van der Waals surface area contributed by atoms with Crippen LogP contribution in [0.4, 0.5) is 0 Å². The fourth-order valence-electron chi connectivity index (χ4n) is 0.928. The molecule has 0 radical (unpaired) electrons. The van der Waals surface area contributed by atoms with Crippen molar-refractivity contribution in [2.45, 2.75) is 39.7 Å². The molecule has 1 atom stereocenters. The van der Waals surface area contributed by atoms with E-state index in [1.54, 1.807) is 0 Å². The molecule has 0 aromatic carbocycles. The minimum absolute atomic E-state index is 0.208. The molecule has 13 heavy (non-hydrogen) atoms. The third-order valence-electron chi connectivity index (χ3n) is 2.35. The maximum Gasteiger partial charge on any atom is 0.323 e. The first-order valence-electron chi connectivity index (χ1n) is 4.83. The molecule has 1 fully saturated rings. The van der Waals surface area contributed by atoms with E-state index < -0.39 is 6.04 Å². The Morgan fingerprint density at radius 1 is 1.54 bits per heavy atom. The highest BCUT2D eigenvalue weighted by atomic mass is 16.5. The van der Waals surface area contributed by atoms with Crippen molar-refractivity contribution >= 4 is 5.97 Å². The predicted molar refractivity (Wildman–Crippen MR) is 51.1 cm³/mol. The highest BCUT2D eigenvalue weighted by Crippen LogP contribution is 2.29. The van der Waals surface area contributed by atoms with Gasteiger partial charge in [-0.1, -0.05) is 20.8 Å². The number of esters is 1. The van der Waals surface area contributed by atoms with E-state index in [4.69, 9.17) is 10.5 Å². The first-order valence-corrected chi connectivity index (χ1v) is 4.83. The average molecular weight is 185 g/mol. The summed E-state index contributed by atoms with van der Waals surface area (Å²) in [5.41, 5.74) is 5.52. The van der Waals surface area contributed by atoms with Gasteiger partial charge in [0.1, 0.15) is 6.04 Å². The van der Waals surface area contributed by atoms with E-state index in [0.717, 1.165) is 0 Å². The Hall–Kier alpha value is -0.570. The van der Waals surface area contributed by atoms with E-state index in [1.807, 2.05) is 20.8 Å². The third-order valence-corrected chi connectivity index (χ3v) is 2.35. The van der Waals surface area contributed by atoms with Crippen molar-refractivity contribution in [3.05, 3.63) is 0 Å². The van der Waals surface area contributed by atoms with Crippen molar-refractivity contribution in [3.63, 3.8) is 0 Å². The SMILES string of the molecule is CC(C)(C)C(N)C(=O)OCC1CC1. The van der Waals surface area contributed by atoms with E-state index in [0.29, 0.717) is 12.5 Å². The zero-order valence-electron chi connectivity index (χ0n) is 8.67. The van der Waals surface area contributed by atoms with Crippen molar-refractivity contribution in [1.82, 2.24) is 0 Å². The lowest BCUT2D eigenvalue weighted by Gasteiger charge is -2.24. The molecular weight excluding hydrogens is 166 g/mol. The summed E-state index contributed by atoms with van der Waals surface area (Å²) in [5, 5.41) is 0. The summed E-state index contributed by atoms with van der Waals surface area (Å²) in [7, 11) is 0. The molecule has 3 nitrogen and oxygen atoms in total. The van der Waals surface area contributed by atoms with Crippen LogP contribution in [-0.4, -0.2) is 18.6 Å². The van der Waals surface area contributed by atoms with Gasteiger partial charge in [0.2, 0.25) is 0 Å². The highest BCUT2D eigenvalue weighted by Gasteiger charge is 2.30. The Morgan fingerprint density at radius 2 is 2.08 bits per heavy atom. The number of carbonyl (C=O) groups is 1. The number of rotatable bonds is 3. The second-order valence-corrected chi connectivity index (χ2v) is 4.92. The van der Waals surface area contributed by atoms with Gasteiger partial charge >= 0.3 is 5.97 Å². The molecule has 2 N–H and O–H groups in total. The Labute approximate surface area is 79.6 Å². The molecule has 1 aliphatic carbocycles. The first-order chi connectivity index (χ1) is 5.91. The summed E-state index contributed by atoms with van der Waals surface area (Å²) in [6, 6.07) is -0.508. The fraction of sp³-hybridized carbons (Fsp3) is 0.900. The maximum absolute atomic E-state index is 11.4. The molecule has 0 saturated heterocycles. The van der Waals surface area contributed by atoms with Gasteiger partial charge < -0.3 is 10.5 Å². The van der Waals surface area contributed by atoms with Gasteiger partial charge in [-0.15, -0.1) is 0 Å². The summed E-state index contributed by atoms with van der Waals surface area (Å²) < 4.78 is 5.09.